The molecule has 2 aromatic rings. The van der Waals surface area contributed by atoms with Crippen LogP contribution in [-0.2, 0) is 6.54 Å². The van der Waals surface area contributed by atoms with Gasteiger partial charge in [0, 0.05) is 23.7 Å². The van der Waals surface area contributed by atoms with Crippen LogP contribution in [0.25, 0.3) is 0 Å². The minimum Gasteiger partial charge on any atom is -0.504 e. The second kappa shape index (κ2) is 6.39. The Labute approximate surface area is 118 Å². The van der Waals surface area contributed by atoms with Crippen molar-refractivity contribution in [3.05, 3.63) is 59.4 Å². The van der Waals surface area contributed by atoms with Gasteiger partial charge < -0.3 is 15.2 Å². The lowest BCUT2D eigenvalue weighted by Gasteiger charge is -2.16. The maximum Gasteiger partial charge on any atom is 0.162 e. The number of hydrogen-bond donors (Lipinski definition) is 2. The quantitative estimate of drug-likeness (QED) is 0.879. The minimum atomic E-state index is -0.234. The van der Waals surface area contributed by atoms with Gasteiger partial charge in [-0.15, -0.1) is 0 Å². The normalized spacial score (nSPS) is 12.2. The molecule has 0 heterocycles. The molecule has 4 heteroatoms. The number of para-hydroxylation sites is 1. The molecule has 0 unspecified atom stereocenters. The van der Waals surface area contributed by atoms with Crippen LogP contribution in [0.15, 0.2) is 42.5 Å². The van der Waals surface area contributed by atoms with Crippen LogP contribution in [0.1, 0.15) is 24.1 Å². The summed E-state index contributed by atoms with van der Waals surface area (Å²) in [7, 11) is 1.51. The Bertz CT molecular complexity index is 586. The van der Waals surface area contributed by atoms with Gasteiger partial charge in [-0.25, -0.2) is 4.39 Å². The van der Waals surface area contributed by atoms with Crippen LogP contribution in [0, 0.1) is 5.82 Å². The molecule has 0 radical (unpaired) electrons. The number of ether oxygens (including phenoxy) is 1. The van der Waals surface area contributed by atoms with E-state index in [0.29, 0.717) is 23.4 Å². The number of methoxy groups -OCH3 is 1. The number of benzene rings is 2. The van der Waals surface area contributed by atoms with Crippen LogP contribution in [0.4, 0.5) is 4.39 Å². The topological polar surface area (TPSA) is 41.5 Å². The lowest BCUT2D eigenvalue weighted by molar-refractivity contribution is 0.369. The van der Waals surface area contributed by atoms with Crippen LogP contribution >= 0.6 is 0 Å². The summed E-state index contributed by atoms with van der Waals surface area (Å²) in [5.74, 6) is 0.313. The highest BCUT2D eigenvalue weighted by Crippen LogP contribution is 2.29. The molecule has 3 nitrogen and oxygen atoms in total. The van der Waals surface area contributed by atoms with Crippen LogP contribution in [0.3, 0.4) is 0 Å². The molecule has 0 saturated heterocycles. The molecular formula is C16H18FNO2. The lowest BCUT2D eigenvalue weighted by Crippen LogP contribution is -2.19. The summed E-state index contributed by atoms with van der Waals surface area (Å²) in [6.07, 6.45) is 0. The average Bonchev–Trinajstić information content (AvgIpc) is 2.46. The van der Waals surface area contributed by atoms with Crippen molar-refractivity contribution in [2.45, 2.75) is 19.5 Å². The highest BCUT2D eigenvalue weighted by molar-refractivity contribution is 5.45. The molecule has 0 spiro atoms. The standard InChI is InChI=1S/C16H18FNO2/c1-11(13-7-3-4-8-14(13)17)18-10-12-6-5-9-15(20-2)16(12)19/h3-9,11,18-19H,10H2,1-2H3/t11-/m1/s1. The molecule has 0 saturated carbocycles. The van der Waals surface area contributed by atoms with Crippen LogP contribution in [-0.4, -0.2) is 12.2 Å². The Morgan fingerprint density at radius 1 is 1.20 bits per heavy atom. The Hall–Kier alpha value is -2.07. The summed E-state index contributed by atoms with van der Waals surface area (Å²) in [6.45, 7) is 2.31. The van der Waals surface area contributed by atoms with Crippen LogP contribution in [0.2, 0.25) is 0 Å². The van der Waals surface area contributed by atoms with Crippen molar-refractivity contribution in [1.82, 2.24) is 5.32 Å². The van der Waals surface area contributed by atoms with E-state index in [4.69, 9.17) is 4.74 Å². The summed E-state index contributed by atoms with van der Waals surface area (Å²) >= 11 is 0. The van der Waals surface area contributed by atoms with Gasteiger partial charge in [-0.2, -0.15) is 0 Å². The third-order valence-corrected chi connectivity index (χ3v) is 3.27. The second-order valence-electron chi connectivity index (χ2n) is 4.59. The van der Waals surface area contributed by atoms with Gasteiger partial charge in [0.2, 0.25) is 0 Å². The van der Waals surface area contributed by atoms with E-state index >= 15 is 0 Å². The van der Waals surface area contributed by atoms with Gasteiger partial charge in [0.15, 0.2) is 11.5 Å². The van der Waals surface area contributed by atoms with E-state index in [2.05, 4.69) is 5.32 Å². The molecule has 2 N–H and O–H groups in total. The number of phenols is 1. The van der Waals surface area contributed by atoms with E-state index in [9.17, 15) is 9.50 Å². The molecule has 2 aromatic carbocycles. The van der Waals surface area contributed by atoms with Crippen LogP contribution in [0.5, 0.6) is 11.5 Å². The molecule has 0 aliphatic rings. The van der Waals surface area contributed by atoms with E-state index in [1.807, 2.05) is 13.0 Å². The summed E-state index contributed by atoms with van der Waals surface area (Å²) < 4.78 is 18.7. The fourth-order valence-corrected chi connectivity index (χ4v) is 2.07. The number of halogens is 1. The van der Waals surface area contributed by atoms with Gasteiger partial charge in [-0.3, -0.25) is 0 Å². The third kappa shape index (κ3) is 3.08. The summed E-state index contributed by atoms with van der Waals surface area (Å²) in [6, 6.07) is 11.8. The first kappa shape index (κ1) is 14.3. The summed E-state index contributed by atoms with van der Waals surface area (Å²) in [4.78, 5) is 0. The highest BCUT2D eigenvalue weighted by Gasteiger charge is 2.12. The molecule has 1 atom stereocenters. The second-order valence-corrected chi connectivity index (χ2v) is 4.59. The monoisotopic (exact) mass is 275 g/mol. The fourth-order valence-electron chi connectivity index (χ4n) is 2.07. The first-order valence-corrected chi connectivity index (χ1v) is 6.46. The lowest BCUT2D eigenvalue weighted by atomic mass is 10.1. The maximum atomic E-state index is 13.7. The van der Waals surface area contributed by atoms with Gasteiger partial charge in [0.25, 0.3) is 0 Å². The summed E-state index contributed by atoms with van der Waals surface area (Å²) in [5.41, 5.74) is 1.32. The van der Waals surface area contributed by atoms with Gasteiger partial charge >= 0.3 is 0 Å². The predicted molar refractivity (Wildman–Crippen MR) is 76.3 cm³/mol. The number of rotatable bonds is 5. The Morgan fingerprint density at radius 2 is 1.95 bits per heavy atom. The molecule has 2 rings (SSSR count). The molecule has 106 valence electrons. The zero-order valence-electron chi connectivity index (χ0n) is 11.6. The molecule has 0 amide bonds. The fraction of sp³-hybridized carbons (Fsp3) is 0.250. The Kier molecular flexibility index (Phi) is 4.58. The van der Waals surface area contributed by atoms with E-state index in [-0.39, 0.29) is 17.6 Å². The van der Waals surface area contributed by atoms with Crippen molar-refractivity contribution in [2.24, 2.45) is 0 Å². The van der Waals surface area contributed by atoms with Gasteiger partial charge in [0.1, 0.15) is 5.82 Å². The zero-order chi connectivity index (χ0) is 14.5. The number of phenolic OH excluding ortho intramolecular Hbond substituents is 1. The van der Waals surface area contributed by atoms with Crippen molar-refractivity contribution in [3.8, 4) is 11.5 Å². The number of hydrogen-bond acceptors (Lipinski definition) is 3. The van der Waals surface area contributed by atoms with Crippen molar-refractivity contribution in [2.75, 3.05) is 7.11 Å². The first-order chi connectivity index (χ1) is 9.63. The van der Waals surface area contributed by atoms with Crippen molar-refractivity contribution >= 4 is 0 Å². The van der Waals surface area contributed by atoms with Gasteiger partial charge in [-0.1, -0.05) is 30.3 Å². The van der Waals surface area contributed by atoms with E-state index in [1.54, 1.807) is 30.3 Å². The minimum absolute atomic E-state index is 0.114. The van der Waals surface area contributed by atoms with Crippen molar-refractivity contribution < 1.29 is 14.2 Å². The first-order valence-electron chi connectivity index (χ1n) is 6.46. The molecule has 0 aliphatic heterocycles. The zero-order valence-corrected chi connectivity index (χ0v) is 11.6. The highest BCUT2D eigenvalue weighted by atomic mass is 19.1. The van der Waals surface area contributed by atoms with E-state index < -0.39 is 0 Å². The average molecular weight is 275 g/mol. The molecule has 0 bridgehead atoms. The number of aromatic hydroxyl groups is 1. The largest absolute Gasteiger partial charge is 0.504 e. The predicted octanol–water partition coefficient (Wildman–Crippen LogP) is 3.39. The van der Waals surface area contributed by atoms with Gasteiger partial charge in [-0.05, 0) is 19.1 Å². The Morgan fingerprint density at radius 3 is 2.65 bits per heavy atom. The summed E-state index contributed by atoms with van der Waals surface area (Å²) in [5, 5.41) is 13.2. The van der Waals surface area contributed by atoms with Gasteiger partial charge in [0.05, 0.1) is 7.11 Å². The Balaban J connectivity index is 2.08. The molecule has 0 aliphatic carbocycles. The molecular weight excluding hydrogens is 257 g/mol. The SMILES string of the molecule is COc1cccc(CN[C@H](C)c2ccccc2F)c1O. The molecule has 0 fully saturated rings. The number of nitrogens with one attached hydrogen (secondary N) is 1. The smallest absolute Gasteiger partial charge is 0.162 e. The van der Waals surface area contributed by atoms with E-state index in [1.165, 1.54) is 13.2 Å². The maximum absolute atomic E-state index is 13.7. The van der Waals surface area contributed by atoms with Crippen LogP contribution < -0.4 is 10.1 Å². The third-order valence-electron chi connectivity index (χ3n) is 3.27. The van der Waals surface area contributed by atoms with E-state index in [0.717, 1.165) is 0 Å². The molecule has 0 aromatic heterocycles. The van der Waals surface area contributed by atoms with Crippen molar-refractivity contribution in [3.63, 3.8) is 0 Å². The van der Waals surface area contributed by atoms with Crippen molar-refractivity contribution in [1.29, 1.82) is 0 Å². The molecule has 20 heavy (non-hydrogen) atoms.